The molecule has 0 saturated heterocycles. The van der Waals surface area contributed by atoms with Gasteiger partial charge in [-0.15, -0.1) is 11.8 Å². The molecule has 20 heavy (non-hydrogen) atoms. The maximum Gasteiger partial charge on any atom is 0.243 e. The number of nitrogens with one attached hydrogen (secondary N) is 1. The lowest BCUT2D eigenvalue weighted by Gasteiger charge is -2.07. The van der Waals surface area contributed by atoms with Gasteiger partial charge >= 0.3 is 0 Å². The van der Waals surface area contributed by atoms with Gasteiger partial charge in [-0.05, 0) is 11.6 Å². The molecule has 0 aliphatic rings. The van der Waals surface area contributed by atoms with Crippen molar-refractivity contribution < 1.29 is 13.2 Å². The normalized spacial score (nSPS) is 10.3. The van der Waals surface area contributed by atoms with Crippen LogP contribution < -0.4 is 4.72 Å². The Morgan fingerprint density at radius 3 is 2.65 bits per heavy atom. The molecule has 0 radical (unpaired) electrons. The van der Waals surface area contributed by atoms with Crippen molar-refractivity contribution in [2.75, 3.05) is 11.5 Å². The van der Waals surface area contributed by atoms with Crippen LogP contribution in [0.3, 0.4) is 0 Å². The highest BCUT2D eigenvalue weighted by Crippen LogP contribution is 2.11. The summed E-state index contributed by atoms with van der Waals surface area (Å²) in [4.78, 5) is 11.4. The monoisotopic (exact) mass is 309 g/mol. The summed E-state index contributed by atoms with van der Waals surface area (Å²) in [6, 6.07) is 10.0. The van der Waals surface area contributed by atoms with Gasteiger partial charge in [0.25, 0.3) is 0 Å². The van der Waals surface area contributed by atoms with Gasteiger partial charge in [-0.25, -0.2) is 8.42 Å². The lowest BCUT2D eigenvalue weighted by atomic mass is 10.1. The second kappa shape index (κ2) is 7.53. The molecule has 0 fully saturated rings. The fraction of sp³-hybridized carbons (Fsp3) is 0.250. The van der Waals surface area contributed by atoms with Gasteiger partial charge in [0, 0.05) is 0 Å². The molecule has 0 unspecified atom stereocenters. The highest BCUT2D eigenvalue weighted by atomic mass is 32.2. The molecule has 1 aromatic carbocycles. The van der Waals surface area contributed by atoms with Crippen molar-refractivity contribution >= 4 is 27.7 Å². The Morgan fingerprint density at radius 2 is 2.00 bits per heavy atom. The Morgan fingerprint density at radius 1 is 1.30 bits per heavy atom. The predicted octanol–water partition coefficient (Wildman–Crippen LogP) is 0.761. The lowest BCUT2D eigenvalue weighted by Crippen LogP contribution is -2.33. The quantitative estimate of drug-likeness (QED) is 0.777. The molecule has 1 N–H and O–H groups in total. The molecular weight excluding hydrogens is 298 g/mol. The zero-order chi connectivity index (χ0) is 15.0. The first kappa shape index (κ1) is 16.0. The number of hydrogen-bond acceptors (Lipinski definition) is 6. The van der Waals surface area contributed by atoms with Gasteiger partial charge in [-0.2, -0.15) is 10.5 Å². The van der Waals surface area contributed by atoms with Crippen LogP contribution in [-0.4, -0.2) is 25.8 Å². The van der Waals surface area contributed by atoms with E-state index in [9.17, 15) is 13.2 Å². The molecule has 0 aliphatic carbocycles. The van der Waals surface area contributed by atoms with Gasteiger partial charge < -0.3 is 0 Å². The van der Waals surface area contributed by atoms with Crippen molar-refractivity contribution in [2.45, 2.75) is 5.75 Å². The van der Waals surface area contributed by atoms with Crippen molar-refractivity contribution in [2.24, 2.45) is 0 Å². The Balaban J connectivity index is 2.69. The van der Waals surface area contributed by atoms with E-state index in [0.717, 1.165) is 11.8 Å². The van der Waals surface area contributed by atoms with Crippen LogP contribution in [0.5, 0.6) is 0 Å². The third-order valence-electron chi connectivity index (χ3n) is 2.15. The Labute approximate surface area is 121 Å². The summed E-state index contributed by atoms with van der Waals surface area (Å²) in [7, 11) is -3.85. The number of thioether (sulfide) groups is 1. The van der Waals surface area contributed by atoms with Crippen molar-refractivity contribution in [1.29, 1.82) is 10.5 Å². The second-order valence-electron chi connectivity index (χ2n) is 3.70. The molecule has 1 aromatic rings. The van der Waals surface area contributed by atoms with Crippen molar-refractivity contribution in [3.8, 4) is 12.1 Å². The molecule has 0 heterocycles. The summed E-state index contributed by atoms with van der Waals surface area (Å²) < 4.78 is 25.5. The average molecular weight is 309 g/mol. The Kier molecular flexibility index (Phi) is 6.04. The Bertz CT molecular complexity index is 672. The summed E-state index contributed by atoms with van der Waals surface area (Å²) in [5, 5.41) is 17.2. The zero-order valence-electron chi connectivity index (χ0n) is 10.4. The minimum atomic E-state index is -3.85. The fourth-order valence-corrected chi connectivity index (χ4v) is 3.08. The Hall–Kier alpha value is -2.03. The summed E-state index contributed by atoms with van der Waals surface area (Å²) in [6.07, 6.45) is 0. The smallest absolute Gasteiger partial charge is 0.243 e. The highest BCUT2D eigenvalue weighted by Gasteiger charge is 2.17. The van der Waals surface area contributed by atoms with Gasteiger partial charge in [-0.3, -0.25) is 9.52 Å². The van der Waals surface area contributed by atoms with E-state index in [4.69, 9.17) is 10.5 Å². The minimum absolute atomic E-state index is 0.104. The first-order valence-corrected chi connectivity index (χ1v) is 8.25. The van der Waals surface area contributed by atoms with E-state index in [1.54, 1.807) is 12.1 Å². The molecule has 0 spiro atoms. The molecule has 0 aliphatic heterocycles. The van der Waals surface area contributed by atoms with Crippen molar-refractivity contribution in [1.82, 2.24) is 4.72 Å². The van der Waals surface area contributed by atoms with E-state index in [0.29, 0.717) is 5.56 Å². The summed E-state index contributed by atoms with van der Waals surface area (Å²) in [6.45, 7) is 0. The number of carbonyl (C=O) groups is 1. The molecular formula is C12H11N3O3S2. The topological polar surface area (TPSA) is 111 Å². The molecule has 1 amide bonds. The maximum absolute atomic E-state index is 11.8. The number of benzene rings is 1. The van der Waals surface area contributed by atoms with E-state index in [1.165, 1.54) is 12.1 Å². The van der Waals surface area contributed by atoms with E-state index in [1.807, 2.05) is 16.9 Å². The minimum Gasteiger partial charge on any atom is -0.273 e. The molecule has 0 atom stereocenters. The molecule has 1 rings (SSSR count). The molecule has 0 saturated carbocycles. The van der Waals surface area contributed by atoms with E-state index < -0.39 is 21.7 Å². The van der Waals surface area contributed by atoms with Gasteiger partial charge in [0.15, 0.2) is 0 Å². The maximum atomic E-state index is 11.8. The van der Waals surface area contributed by atoms with Crippen LogP contribution in [-0.2, 0) is 20.6 Å². The standard InChI is InChI=1S/C12H11N3O3S2/c13-5-6-19-8-12(16)15-20(17,18)9-11-4-2-1-3-10(11)7-14/h1-4H,6,8-9H2,(H,15,16). The number of carbonyl (C=O) groups excluding carboxylic acids is 1. The average Bonchev–Trinajstić information content (AvgIpc) is 2.38. The summed E-state index contributed by atoms with van der Waals surface area (Å²) in [5.41, 5.74) is 0.587. The first-order valence-electron chi connectivity index (χ1n) is 5.44. The predicted molar refractivity (Wildman–Crippen MR) is 74.9 cm³/mol. The third-order valence-corrected chi connectivity index (χ3v) is 4.18. The molecule has 6 nitrogen and oxygen atoms in total. The second-order valence-corrected chi connectivity index (χ2v) is 6.41. The van der Waals surface area contributed by atoms with E-state index in [2.05, 4.69) is 0 Å². The molecule has 0 aromatic heterocycles. The summed E-state index contributed by atoms with van der Waals surface area (Å²) >= 11 is 1.03. The first-order chi connectivity index (χ1) is 9.48. The van der Waals surface area contributed by atoms with Gasteiger partial charge in [0.1, 0.15) is 0 Å². The van der Waals surface area contributed by atoms with Crippen LogP contribution in [0.1, 0.15) is 11.1 Å². The van der Waals surface area contributed by atoms with Crippen LogP contribution in [0, 0.1) is 22.7 Å². The number of amides is 1. The van der Waals surface area contributed by atoms with E-state index in [-0.39, 0.29) is 17.1 Å². The van der Waals surface area contributed by atoms with Gasteiger partial charge in [0.05, 0.1) is 35.0 Å². The van der Waals surface area contributed by atoms with Gasteiger partial charge in [-0.1, -0.05) is 18.2 Å². The van der Waals surface area contributed by atoms with Crippen molar-refractivity contribution in [3.63, 3.8) is 0 Å². The number of rotatable bonds is 6. The molecule has 104 valence electrons. The van der Waals surface area contributed by atoms with Crippen LogP contribution in [0.15, 0.2) is 24.3 Å². The number of nitrogens with zero attached hydrogens (tertiary/aromatic N) is 2. The van der Waals surface area contributed by atoms with Gasteiger partial charge in [0.2, 0.25) is 15.9 Å². The number of hydrogen-bond donors (Lipinski definition) is 1. The summed E-state index contributed by atoms with van der Waals surface area (Å²) in [5.74, 6) is -1.11. The molecule has 0 bridgehead atoms. The van der Waals surface area contributed by atoms with E-state index >= 15 is 0 Å². The zero-order valence-corrected chi connectivity index (χ0v) is 12.0. The largest absolute Gasteiger partial charge is 0.273 e. The number of nitriles is 2. The number of sulfonamides is 1. The SMILES string of the molecule is N#CCSCC(=O)NS(=O)(=O)Cc1ccccc1C#N. The van der Waals surface area contributed by atoms with Crippen LogP contribution >= 0.6 is 11.8 Å². The van der Waals surface area contributed by atoms with Crippen LogP contribution in [0.25, 0.3) is 0 Å². The fourth-order valence-electron chi connectivity index (χ4n) is 1.39. The van der Waals surface area contributed by atoms with Crippen LogP contribution in [0.4, 0.5) is 0 Å². The highest BCUT2D eigenvalue weighted by molar-refractivity contribution is 8.00. The molecule has 8 heteroatoms. The van der Waals surface area contributed by atoms with Crippen LogP contribution in [0.2, 0.25) is 0 Å². The lowest BCUT2D eigenvalue weighted by molar-refractivity contribution is -0.116. The van der Waals surface area contributed by atoms with Crippen molar-refractivity contribution in [3.05, 3.63) is 35.4 Å². The third kappa shape index (κ3) is 5.31.